The number of likely N-dealkylation sites (tertiary alicyclic amines) is 1. The number of ether oxygens (including phenoxy) is 1. The summed E-state index contributed by atoms with van der Waals surface area (Å²) in [7, 11) is 0. The number of rotatable bonds is 9. The van der Waals surface area contributed by atoms with Crippen molar-refractivity contribution in [3.05, 3.63) is 100 Å². The highest BCUT2D eigenvalue weighted by atomic mass is 16.5. The van der Waals surface area contributed by atoms with Gasteiger partial charge in [0.15, 0.2) is 0 Å². The van der Waals surface area contributed by atoms with Crippen LogP contribution < -0.4 is 10.5 Å². The Morgan fingerprint density at radius 2 is 1.68 bits per heavy atom. The molecule has 0 bridgehead atoms. The third-order valence-electron chi connectivity index (χ3n) is 7.73. The molecule has 2 heterocycles. The monoisotopic (exact) mass is 511 g/mol. The van der Waals surface area contributed by atoms with Crippen LogP contribution in [0, 0.1) is 0 Å². The highest BCUT2D eigenvalue weighted by molar-refractivity contribution is 5.84. The maximum absolute atomic E-state index is 10.9. The molecule has 5 rings (SSSR count). The zero-order valence-corrected chi connectivity index (χ0v) is 21.9. The Bertz CT molecular complexity index is 1230. The summed E-state index contributed by atoms with van der Waals surface area (Å²) in [6.45, 7) is 3.94. The van der Waals surface area contributed by atoms with Crippen LogP contribution in [0.5, 0.6) is 5.75 Å². The van der Waals surface area contributed by atoms with Gasteiger partial charge in [0, 0.05) is 24.9 Å². The number of piperidine rings is 1. The first-order chi connectivity index (χ1) is 18.6. The molecule has 1 atom stereocenters. The maximum atomic E-state index is 10.9. The first-order valence-corrected chi connectivity index (χ1v) is 13.8. The molecule has 6 heteroatoms. The number of carboxylic acids is 1. The number of fused-ring (bicyclic) bond motifs is 2. The third-order valence-corrected chi connectivity index (χ3v) is 7.73. The Balaban J connectivity index is 1.11. The Labute approximate surface area is 225 Å². The van der Waals surface area contributed by atoms with E-state index in [-0.39, 0.29) is 0 Å². The Hall–Kier alpha value is -3.48. The molecule has 0 radical (unpaired) electrons. The number of nitrogens with two attached hydrogens (primary N) is 1. The number of carbonyl (C=O) groups is 1. The first kappa shape index (κ1) is 26.1. The number of pyridine rings is 1. The van der Waals surface area contributed by atoms with Gasteiger partial charge in [-0.1, -0.05) is 48.0 Å². The van der Waals surface area contributed by atoms with Gasteiger partial charge in [0.2, 0.25) is 0 Å². The van der Waals surface area contributed by atoms with Crippen molar-refractivity contribution in [1.82, 2.24) is 9.88 Å². The van der Waals surface area contributed by atoms with Gasteiger partial charge in [-0.25, -0.2) is 0 Å². The summed E-state index contributed by atoms with van der Waals surface area (Å²) in [5.41, 5.74) is 14.8. The van der Waals surface area contributed by atoms with Crippen LogP contribution in [0.4, 0.5) is 0 Å². The molecule has 3 aromatic rings. The minimum atomic E-state index is -0.982. The average molecular weight is 512 g/mol. The molecule has 1 aromatic heterocycles. The number of aromatic nitrogens is 1. The van der Waals surface area contributed by atoms with Gasteiger partial charge in [-0.3, -0.25) is 9.78 Å². The van der Waals surface area contributed by atoms with Gasteiger partial charge in [0.1, 0.15) is 11.8 Å². The second-order valence-electron chi connectivity index (χ2n) is 10.3. The third kappa shape index (κ3) is 6.32. The summed E-state index contributed by atoms with van der Waals surface area (Å²) in [4.78, 5) is 18.4. The van der Waals surface area contributed by atoms with E-state index in [0.717, 1.165) is 69.5 Å². The molecule has 0 saturated carbocycles. The number of unbranched alkanes of at least 4 members (excludes halogenated alkanes) is 1. The van der Waals surface area contributed by atoms with Crippen molar-refractivity contribution >= 4 is 11.5 Å². The van der Waals surface area contributed by atoms with Gasteiger partial charge < -0.3 is 20.5 Å². The van der Waals surface area contributed by atoms with Gasteiger partial charge in [-0.15, -0.1) is 0 Å². The van der Waals surface area contributed by atoms with E-state index in [9.17, 15) is 4.79 Å². The van der Waals surface area contributed by atoms with Gasteiger partial charge in [0.25, 0.3) is 0 Å². The van der Waals surface area contributed by atoms with Crippen LogP contribution in [-0.2, 0) is 24.1 Å². The Morgan fingerprint density at radius 1 is 0.947 bits per heavy atom. The largest absolute Gasteiger partial charge is 0.494 e. The van der Waals surface area contributed by atoms with Crippen molar-refractivity contribution in [3.63, 3.8) is 0 Å². The molecular formula is C32H37N3O3. The van der Waals surface area contributed by atoms with Crippen LogP contribution in [-0.4, -0.2) is 53.2 Å². The molecule has 1 saturated heterocycles. The van der Waals surface area contributed by atoms with Crippen molar-refractivity contribution in [2.24, 2.45) is 5.73 Å². The summed E-state index contributed by atoms with van der Waals surface area (Å²) in [5, 5.41) is 8.95. The van der Waals surface area contributed by atoms with Gasteiger partial charge in [-0.05, 0) is 91.9 Å². The maximum Gasteiger partial charge on any atom is 0.320 e. The van der Waals surface area contributed by atoms with Crippen LogP contribution in [0.25, 0.3) is 5.57 Å². The van der Waals surface area contributed by atoms with Crippen molar-refractivity contribution < 1.29 is 14.6 Å². The molecule has 38 heavy (non-hydrogen) atoms. The van der Waals surface area contributed by atoms with Crippen LogP contribution in [0.1, 0.15) is 53.6 Å². The minimum absolute atomic E-state index is 0.319. The molecule has 1 aliphatic heterocycles. The van der Waals surface area contributed by atoms with E-state index in [1.54, 1.807) is 5.57 Å². The molecule has 2 aliphatic rings. The SMILES string of the molecule is N[C@@H](Cc1ccc(OCCCCN2CCC(=C3c4ccccc4CCc4cccnc43)CC2)cc1)C(=O)O. The predicted octanol–water partition coefficient (Wildman–Crippen LogP) is 4.89. The van der Waals surface area contributed by atoms with E-state index in [1.807, 2.05) is 30.5 Å². The highest BCUT2D eigenvalue weighted by Crippen LogP contribution is 2.37. The molecule has 198 valence electrons. The molecule has 6 nitrogen and oxygen atoms in total. The van der Waals surface area contributed by atoms with Gasteiger partial charge in [0.05, 0.1) is 12.3 Å². The van der Waals surface area contributed by atoms with E-state index < -0.39 is 12.0 Å². The molecule has 1 aliphatic carbocycles. The van der Waals surface area contributed by atoms with Crippen molar-refractivity contribution in [1.29, 1.82) is 0 Å². The quantitative estimate of drug-likeness (QED) is 0.398. The normalized spacial score (nSPS) is 16.3. The molecule has 0 amide bonds. The van der Waals surface area contributed by atoms with Crippen LogP contribution in [0.2, 0.25) is 0 Å². The molecule has 3 N–H and O–H groups in total. The van der Waals surface area contributed by atoms with E-state index in [0.29, 0.717) is 13.0 Å². The number of aryl methyl sites for hydroxylation is 2. The number of hydrogen-bond acceptors (Lipinski definition) is 5. The number of benzene rings is 2. The lowest BCUT2D eigenvalue weighted by Crippen LogP contribution is -2.32. The summed E-state index contributed by atoms with van der Waals surface area (Å²) in [6.07, 6.45) is 8.66. The fraction of sp³-hybridized carbons (Fsp3) is 0.375. The van der Waals surface area contributed by atoms with Crippen LogP contribution >= 0.6 is 0 Å². The summed E-state index contributed by atoms with van der Waals surface area (Å²) in [5.74, 6) is -0.173. The lowest BCUT2D eigenvalue weighted by molar-refractivity contribution is -0.138. The zero-order valence-electron chi connectivity index (χ0n) is 21.9. The van der Waals surface area contributed by atoms with Crippen molar-refractivity contribution in [3.8, 4) is 5.75 Å². The van der Waals surface area contributed by atoms with E-state index in [4.69, 9.17) is 20.6 Å². The summed E-state index contributed by atoms with van der Waals surface area (Å²) < 4.78 is 5.90. The molecule has 2 aromatic carbocycles. The number of hydrogen-bond donors (Lipinski definition) is 2. The minimum Gasteiger partial charge on any atom is -0.494 e. The summed E-state index contributed by atoms with van der Waals surface area (Å²) >= 11 is 0. The van der Waals surface area contributed by atoms with Crippen molar-refractivity contribution in [2.45, 2.75) is 51.0 Å². The zero-order chi connectivity index (χ0) is 26.3. The highest BCUT2D eigenvalue weighted by Gasteiger charge is 2.24. The van der Waals surface area contributed by atoms with Crippen LogP contribution in [0.3, 0.4) is 0 Å². The molecule has 0 unspecified atom stereocenters. The lowest BCUT2D eigenvalue weighted by Gasteiger charge is -2.30. The van der Waals surface area contributed by atoms with Gasteiger partial charge >= 0.3 is 5.97 Å². The van der Waals surface area contributed by atoms with Crippen molar-refractivity contribution in [2.75, 3.05) is 26.2 Å². The van der Waals surface area contributed by atoms with E-state index in [2.05, 4.69) is 41.3 Å². The summed E-state index contributed by atoms with van der Waals surface area (Å²) in [6, 6.07) is 19.9. The van der Waals surface area contributed by atoms with E-state index >= 15 is 0 Å². The topological polar surface area (TPSA) is 88.7 Å². The second kappa shape index (κ2) is 12.4. The number of carboxylic acid groups (broad SMARTS) is 1. The first-order valence-electron chi connectivity index (χ1n) is 13.8. The second-order valence-corrected chi connectivity index (χ2v) is 10.3. The molecule has 1 fully saturated rings. The van der Waals surface area contributed by atoms with E-state index in [1.165, 1.54) is 28.0 Å². The number of aliphatic carboxylic acids is 1. The predicted molar refractivity (Wildman–Crippen MR) is 150 cm³/mol. The Kier molecular flexibility index (Phi) is 8.51. The fourth-order valence-corrected chi connectivity index (χ4v) is 5.59. The number of nitrogens with zero attached hydrogens (tertiary/aromatic N) is 2. The fourth-order valence-electron chi connectivity index (χ4n) is 5.59. The lowest BCUT2D eigenvalue weighted by atomic mass is 9.88. The Morgan fingerprint density at radius 3 is 2.47 bits per heavy atom. The smallest absolute Gasteiger partial charge is 0.320 e. The molecular weight excluding hydrogens is 474 g/mol. The molecule has 0 spiro atoms. The van der Waals surface area contributed by atoms with Gasteiger partial charge in [-0.2, -0.15) is 0 Å². The standard InChI is InChI=1S/C32H37N3O3/c33-29(32(36)37)22-23-9-13-27(14-10-23)38-21-4-3-18-35-19-15-25(16-20-35)30-28-8-2-1-6-24(28)11-12-26-7-5-17-34-31(26)30/h1-2,5-10,13-14,17,29H,3-4,11-12,15-16,18-22,33H2,(H,36,37)/t29-/m0/s1. The average Bonchev–Trinajstić information content (AvgIpc) is 3.11. The van der Waals surface area contributed by atoms with Crippen LogP contribution in [0.15, 0.2) is 72.4 Å².